The number of nitrogens with two attached hydrogens (primary N) is 1. The summed E-state index contributed by atoms with van der Waals surface area (Å²) in [5.74, 6) is 1.72. The van der Waals surface area contributed by atoms with Crippen molar-refractivity contribution in [2.75, 3.05) is 19.0 Å². The minimum absolute atomic E-state index is 0.0203. The predicted molar refractivity (Wildman–Crippen MR) is 123 cm³/mol. The lowest BCUT2D eigenvalue weighted by atomic mass is 10.0. The Morgan fingerprint density at radius 2 is 1.90 bits per heavy atom. The van der Waals surface area contributed by atoms with Gasteiger partial charge in [-0.2, -0.15) is 0 Å². The number of nitrogens with zero attached hydrogens (tertiary/aromatic N) is 3. The van der Waals surface area contributed by atoms with Crippen LogP contribution in [0.1, 0.15) is 13.3 Å². The van der Waals surface area contributed by atoms with Crippen LogP contribution in [0.15, 0.2) is 60.8 Å². The van der Waals surface area contributed by atoms with Crippen molar-refractivity contribution in [1.82, 2.24) is 15.0 Å². The van der Waals surface area contributed by atoms with Gasteiger partial charge in [-0.15, -0.1) is 0 Å². The number of benzene rings is 2. The van der Waals surface area contributed by atoms with Crippen LogP contribution >= 0.6 is 0 Å². The van der Waals surface area contributed by atoms with Gasteiger partial charge in [0, 0.05) is 29.7 Å². The summed E-state index contributed by atoms with van der Waals surface area (Å²) in [7, 11) is 1.58. The number of hydrogen-bond acceptors (Lipinski definition) is 7. The molecular formula is C24H25N5O2. The molecule has 2 heterocycles. The molecule has 4 N–H and O–H groups in total. The number of hydrogen-bond donors (Lipinski definition) is 3. The molecule has 4 rings (SSSR count). The molecule has 0 saturated carbocycles. The van der Waals surface area contributed by atoms with Gasteiger partial charge < -0.3 is 20.9 Å². The summed E-state index contributed by atoms with van der Waals surface area (Å²) in [6.07, 6.45) is 2.54. The molecule has 31 heavy (non-hydrogen) atoms. The molecule has 0 fully saturated rings. The lowest BCUT2D eigenvalue weighted by Crippen LogP contribution is -2.28. The summed E-state index contributed by atoms with van der Waals surface area (Å²) in [5, 5.41) is 14.9. The molecule has 0 aliphatic carbocycles. The van der Waals surface area contributed by atoms with E-state index < -0.39 is 0 Å². The summed E-state index contributed by atoms with van der Waals surface area (Å²) in [6, 6.07) is 16.9. The van der Waals surface area contributed by atoms with Crippen LogP contribution in [0.4, 0.5) is 5.82 Å². The van der Waals surface area contributed by atoms with Crippen molar-refractivity contribution in [3.8, 4) is 34.1 Å². The Kier molecular flexibility index (Phi) is 5.95. The summed E-state index contributed by atoms with van der Waals surface area (Å²) >= 11 is 0. The maximum atomic E-state index is 10.6. The molecule has 0 saturated heterocycles. The van der Waals surface area contributed by atoms with Gasteiger partial charge in [-0.1, -0.05) is 25.1 Å². The predicted octanol–water partition coefficient (Wildman–Crippen LogP) is 4.22. The zero-order valence-electron chi connectivity index (χ0n) is 17.5. The molecule has 0 aliphatic rings. The van der Waals surface area contributed by atoms with Crippen molar-refractivity contribution in [2.24, 2.45) is 5.73 Å². The standard InChI is InChI=1S/C24H25N5O2/c1-3-16(25)14-27-22-18-7-4-5-9-20(18)28-23(29-22)19-13-15(10-11-21(19)30)17-8-6-12-26-24(17)31-2/h4-13,16,30H,3,14,25H2,1-2H3,(H,27,28,29)/t16-/m1/s1. The summed E-state index contributed by atoms with van der Waals surface area (Å²) in [4.78, 5) is 13.7. The van der Waals surface area contributed by atoms with Gasteiger partial charge in [-0.25, -0.2) is 15.0 Å². The highest BCUT2D eigenvalue weighted by Gasteiger charge is 2.15. The van der Waals surface area contributed by atoms with Gasteiger partial charge in [0.05, 0.1) is 18.2 Å². The first-order valence-electron chi connectivity index (χ1n) is 10.2. The molecule has 0 spiro atoms. The van der Waals surface area contributed by atoms with Crippen LogP contribution in [0, 0.1) is 0 Å². The van der Waals surface area contributed by atoms with Crippen LogP contribution in [0.3, 0.4) is 0 Å². The quantitative estimate of drug-likeness (QED) is 0.415. The second-order valence-electron chi connectivity index (χ2n) is 7.25. The van der Waals surface area contributed by atoms with E-state index in [2.05, 4.69) is 10.3 Å². The number of phenols is 1. The van der Waals surface area contributed by atoms with Crippen molar-refractivity contribution in [3.63, 3.8) is 0 Å². The van der Waals surface area contributed by atoms with Crippen molar-refractivity contribution < 1.29 is 9.84 Å². The number of nitrogens with one attached hydrogen (secondary N) is 1. The van der Waals surface area contributed by atoms with Gasteiger partial charge in [0.2, 0.25) is 5.88 Å². The maximum absolute atomic E-state index is 10.6. The molecule has 0 aliphatic heterocycles. The van der Waals surface area contributed by atoms with E-state index in [-0.39, 0.29) is 11.8 Å². The van der Waals surface area contributed by atoms with Crippen LogP contribution < -0.4 is 15.8 Å². The van der Waals surface area contributed by atoms with E-state index in [4.69, 9.17) is 20.4 Å². The van der Waals surface area contributed by atoms with Gasteiger partial charge in [-0.3, -0.25) is 0 Å². The van der Waals surface area contributed by atoms with Crippen molar-refractivity contribution in [1.29, 1.82) is 0 Å². The van der Waals surface area contributed by atoms with E-state index in [0.717, 1.165) is 28.5 Å². The second-order valence-corrected chi connectivity index (χ2v) is 7.25. The number of aromatic hydroxyl groups is 1. The zero-order valence-corrected chi connectivity index (χ0v) is 17.5. The number of anilines is 1. The van der Waals surface area contributed by atoms with Crippen molar-refractivity contribution >= 4 is 16.7 Å². The Bertz CT molecular complexity index is 1210. The Balaban J connectivity index is 1.83. The van der Waals surface area contributed by atoms with Crippen molar-refractivity contribution in [3.05, 3.63) is 60.8 Å². The lowest BCUT2D eigenvalue weighted by molar-refractivity contribution is 0.399. The molecule has 0 unspecified atom stereocenters. The number of para-hydroxylation sites is 1. The fourth-order valence-corrected chi connectivity index (χ4v) is 3.36. The Labute approximate surface area is 181 Å². The molecule has 1 atom stereocenters. The van der Waals surface area contributed by atoms with Crippen LogP contribution in [0.5, 0.6) is 11.6 Å². The molecular weight excluding hydrogens is 390 g/mol. The first kappa shape index (κ1) is 20.6. The highest BCUT2D eigenvalue weighted by molar-refractivity contribution is 5.91. The Morgan fingerprint density at radius 3 is 2.71 bits per heavy atom. The number of phenolic OH excluding ortho intramolecular Hbond substituents is 1. The van der Waals surface area contributed by atoms with E-state index in [0.29, 0.717) is 29.6 Å². The average Bonchev–Trinajstić information content (AvgIpc) is 2.82. The smallest absolute Gasteiger partial charge is 0.221 e. The van der Waals surface area contributed by atoms with Crippen LogP contribution in [-0.2, 0) is 0 Å². The molecule has 4 aromatic rings. The van der Waals surface area contributed by atoms with Crippen LogP contribution in [0.2, 0.25) is 0 Å². The molecule has 0 amide bonds. The summed E-state index contributed by atoms with van der Waals surface area (Å²) in [6.45, 7) is 2.64. The lowest BCUT2D eigenvalue weighted by Gasteiger charge is -2.15. The molecule has 0 bridgehead atoms. The van der Waals surface area contributed by atoms with E-state index in [9.17, 15) is 5.11 Å². The molecule has 2 aromatic carbocycles. The maximum Gasteiger partial charge on any atom is 0.221 e. The third-order valence-corrected chi connectivity index (χ3v) is 5.17. The molecule has 7 heteroatoms. The second kappa shape index (κ2) is 8.97. The van der Waals surface area contributed by atoms with Crippen LogP contribution in [-0.4, -0.2) is 39.8 Å². The third-order valence-electron chi connectivity index (χ3n) is 5.17. The number of rotatable bonds is 7. The topological polar surface area (TPSA) is 106 Å². The molecule has 7 nitrogen and oxygen atoms in total. The zero-order chi connectivity index (χ0) is 21.8. The first-order valence-corrected chi connectivity index (χ1v) is 10.2. The van der Waals surface area contributed by atoms with Gasteiger partial charge >= 0.3 is 0 Å². The van der Waals surface area contributed by atoms with E-state index >= 15 is 0 Å². The van der Waals surface area contributed by atoms with Gasteiger partial charge in [0.25, 0.3) is 0 Å². The third kappa shape index (κ3) is 4.27. The van der Waals surface area contributed by atoms with Crippen LogP contribution in [0.25, 0.3) is 33.4 Å². The normalized spacial score (nSPS) is 12.0. The molecule has 158 valence electrons. The Hall–Kier alpha value is -3.71. The highest BCUT2D eigenvalue weighted by Crippen LogP contribution is 2.36. The highest BCUT2D eigenvalue weighted by atomic mass is 16.5. The fourth-order valence-electron chi connectivity index (χ4n) is 3.36. The monoisotopic (exact) mass is 415 g/mol. The van der Waals surface area contributed by atoms with E-state index in [1.165, 1.54) is 0 Å². The minimum Gasteiger partial charge on any atom is -0.507 e. The number of fused-ring (bicyclic) bond motifs is 1. The molecule has 0 radical (unpaired) electrons. The summed E-state index contributed by atoms with van der Waals surface area (Å²) in [5.41, 5.74) is 9.06. The van der Waals surface area contributed by atoms with Gasteiger partial charge in [-0.05, 0) is 48.4 Å². The molecule has 2 aromatic heterocycles. The number of methoxy groups -OCH3 is 1. The van der Waals surface area contributed by atoms with Gasteiger partial charge in [0.15, 0.2) is 5.82 Å². The number of ether oxygens (including phenoxy) is 1. The average molecular weight is 415 g/mol. The first-order chi connectivity index (χ1) is 15.1. The largest absolute Gasteiger partial charge is 0.507 e. The Morgan fingerprint density at radius 1 is 1.06 bits per heavy atom. The fraction of sp³-hybridized carbons (Fsp3) is 0.208. The number of aromatic nitrogens is 3. The summed E-state index contributed by atoms with van der Waals surface area (Å²) < 4.78 is 5.39. The van der Waals surface area contributed by atoms with Crippen molar-refractivity contribution in [2.45, 2.75) is 19.4 Å². The minimum atomic E-state index is 0.0203. The van der Waals surface area contributed by atoms with E-state index in [1.807, 2.05) is 55.5 Å². The van der Waals surface area contributed by atoms with Gasteiger partial charge in [0.1, 0.15) is 11.6 Å². The number of pyridine rings is 1. The SMILES string of the molecule is CC[C@@H](N)CNc1nc(-c2cc(-c3cccnc3OC)ccc2O)nc2ccccc12. The van der Waals surface area contributed by atoms with E-state index in [1.54, 1.807) is 19.4 Å².